The number of anilines is 2. The molecule has 1 aliphatic heterocycles. The third-order valence-electron chi connectivity index (χ3n) is 2.70. The largest absolute Gasteiger partial charge is 0.479 e. The average Bonchev–Trinajstić information content (AvgIpc) is 2.31. The number of benzene rings is 1. The van der Waals surface area contributed by atoms with Crippen molar-refractivity contribution in [2.75, 3.05) is 10.6 Å². The summed E-state index contributed by atoms with van der Waals surface area (Å²) in [7, 11) is 0. The van der Waals surface area contributed by atoms with Crippen molar-refractivity contribution in [2.24, 2.45) is 5.92 Å². The molecular weight excluding hydrogens is 232 g/mol. The molecule has 0 spiro atoms. The maximum Gasteiger partial charge on any atom is 0.265 e. The maximum atomic E-state index is 11.6. The van der Waals surface area contributed by atoms with Crippen LogP contribution < -0.4 is 15.4 Å². The number of rotatable bonds is 2. The van der Waals surface area contributed by atoms with Gasteiger partial charge in [-0.05, 0) is 25.1 Å². The SMILES string of the molecule is CC(C)C(=O)Nc1ccc2c(c1)NC(=O)C(C)O2. The third kappa shape index (κ3) is 2.45. The van der Waals surface area contributed by atoms with Crippen LogP contribution in [0.3, 0.4) is 0 Å². The van der Waals surface area contributed by atoms with E-state index in [1.54, 1.807) is 25.1 Å². The van der Waals surface area contributed by atoms with Crippen molar-refractivity contribution in [2.45, 2.75) is 26.9 Å². The lowest BCUT2D eigenvalue weighted by atomic mass is 10.1. The highest BCUT2D eigenvalue weighted by Gasteiger charge is 2.23. The van der Waals surface area contributed by atoms with Gasteiger partial charge in [0.2, 0.25) is 5.91 Å². The predicted octanol–water partition coefficient (Wildman–Crippen LogP) is 2.00. The summed E-state index contributed by atoms with van der Waals surface area (Å²) >= 11 is 0. The highest BCUT2D eigenvalue weighted by Crippen LogP contribution is 2.32. The minimum atomic E-state index is -0.492. The van der Waals surface area contributed by atoms with Gasteiger partial charge in [0.25, 0.3) is 5.91 Å². The number of ether oxygens (including phenoxy) is 1. The topological polar surface area (TPSA) is 67.4 Å². The van der Waals surface area contributed by atoms with Gasteiger partial charge in [-0.2, -0.15) is 0 Å². The van der Waals surface area contributed by atoms with Gasteiger partial charge in [-0.15, -0.1) is 0 Å². The summed E-state index contributed by atoms with van der Waals surface area (Å²) < 4.78 is 5.43. The van der Waals surface area contributed by atoms with E-state index in [0.29, 0.717) is 17.1 Å². The van der Waals surface area contributed by atoms with E-state index >= 15 is 0 Å². The Balaban J connectivity index is 2.20. The first-order chi connectivity index (χ1) is 8.47. The molecule has 1 aromatic carbocycles. The molecule has 1 unspecified atom stereocenters. The summed E-state index contributed by atoms with van der Waals surface area (Å²) in [6.07, 6.45) is -0.492. The first-order valence-corrected chi connectivity index (χ1v) is 5.90. The summed E-state index contributed by atoms with van der Waals surface area (Å²) in [6.45, 7) is 5.33. The minimum Gasteiger partial charge on any atom is -0.479 e. The van der Waals surface area contributed by atoms with Gasteiger partial charge in [0.05, 0.1) is 5.69 Å². The van der Waals surface area contributed by atoms with Crippen molar-refractivity contribution in [3.8, 4) is 5.75 Å². The summed E-state index contributed by atoms with van der Waals surface area (Å²) in [6, 6.07) is 5.18. The van der Waals surface area contributed by atoms with E-state index in [-0.39, 0.29) is 17.7 Å². The van der Waals surface area contributed by atoms with Crippen molar-refractivity contribution in [3.63, 3.8) is 0 Å². The summed E-state index contributed by atoms with van der Waals surface area (Å²) in [5, 5.41) is 5.51. The molecule has 18 heavy (non-hydrogen) atoms. The van der Waals surface area contributed by atoms with Crippen molar-refractivity contribution in [1.82, 2.24) is 0 Å². The second-order valence-electron chi connectivity index (χ2n) is 4.60. The fraction of sp³-hybridized carbons (Fsp3) is 0.385. The highest BCUT2D eigenvalue weighted by molar-refractivity contribution is 5.99. The van der Waals surface area contributed by atoms with Gasteiger partial charge in [0, 0.05) is 11.6 Å². The number of nitrogens with one attached hydrogen (secondary N) is 2. The van der Waals surface area contributed by atoms with E-state index in [0.717, 1.165) is 0 Å². The van der Waals surface area contributed by atoms with Crippen LogP contribution in [0.5, 0.6) is 5.75 Å². The molecule has 2 rings (SSSR count). The molecule has 0 saturated heterocycles. The van der Waals surface area contributed by atoms with Crippen LogP contribution in [-0.2, 0) is 9.59 Å². The molecular formula is C13H16N2O3. The molecule has 0 saturated carbocycles. The maximum absolute atomic E-state index is 11.6. The van der Waals surface area contributed by atoms with Gasteiger partial charge >= 0.3 is 0 Å². The Morgan fingerprint density at radius 3 is 2.83 bits per heavy atom. The van der Waals surface area contributed by atoms with E-state index in [9.17, 15) is 9.59 Å². The number of hydrogen-bond donors (Lipinski definition) is 2. The lowest BCUT2D eigenvalue weighted by molar-refractivity contribution is -0.122. The molecule has 96 valence electrons. The second-order valence-corrected chi connectivity index (χ2v) is 4.60. The second kappa shape index (κ2) is 4.68. The molecule has 2 N–H and O–H groups in total. The Kier molecular flexibility index (Phi) is 3.23. The molecule has 0 fully saturated rings. The molecule has 0 radical (unpaired) electrons. The summed E-state index contributed by atoms with van der Waals surface area (Å²) in [5.74, 6) is 0.276. The zero-order valence-corrected chi connectivity index (χ0v) is 10.6. The highest BCUT2D eigenvalue weighted by atomic mass is 16.5. The van der Waals surface area contributed by atoms with E-state index in [2.05, 4.69) is 10.6 Å². The molecule has 1 aliphatic rings. The molecule has 0 aliphatic carbocycles. The van der Waals surface area contributed by atoms with Crippen LogP contribution in [0.15, 0.2) is 18.2 Å². The van der Waals surface area contributed by atoms with Gasteiger partial charge in [0.15, 0.2) is 6.10 Å². The van der Waals surface area contributed by atoms with Crippen molar-refractivity contribution < 1.29 is 14.3 Å². The van der Waals surface area contributed by atoms with E-state index in [1.807, 2.05) is 13.8 Å². The zero-order valence-electron chi connectivity index (χ0n) is 10.6. The Bertz CT molecular complexity index is 497. The fourth-order valence-corrected chi connectivity index (χ4v) is 1.57. The van der Waals surface area contributed by atoms with E-state index < -0.39 is 6.10 Å². The Morgan fingerprint density at radius 2 is 2.17 bits per heavy atom. The fourth-order valence-electron chi connectivity index (χ4n) is 1.57. The molecule has 1 atom stereocenters. The Hall–Kier alpha value is -2.04. The van der Waals surface area contributed by atoms with E-state index in [4.69, 9.17) is 4.74 Å². The van der Waals surface area contributed by atoms with Gasteiger partial charge in [0.1, 0.15) is 5.75 Å². The molecule has 2 amide bonds. The van der Waals surface area contributed by atoms with Gasteiger partial charge in [-0.25, -0.2) is 0 Å². The standard InChI is InChI=1S/C13H16N2O3/c1-7(2)12(16)14-9-4-5-11-10(6-9)15-13(17)8(3)18-11/h4-8H,1-3H3,(H,14,16)(H,15,17). The Labute approximate surface area is 106 Å². The number of hydrogen-bond acceptors (Lipinski definition) is 3. The van der Waals surface area contributed by atoms with Crippen LogP contribution in [0.2, 0.25) is 0 Å². The molecule has 5 nitrogen and oxygen atoms in total. The monoisotopic (exact) mass is 248 g/mol. The minimum absolute atomic E-state index is 0.0635. The zero-order chi connectivity index (χ0) is 13.3. The van der Waals surface area contributed by atoms with Gasteiger partial charge in [-0.3, -0.25) is 9.59 Å². The first kappa shape index (κ1) is 12.4. The average molecular weight is 248 g/mol. The first-order valence-electron chi connectivity index (χ1n) is 5.90. The number of carbonyl (C=O) groups is 2. The molecule has 1 aromatic rings. The molecule has 1 heterocycles. The summed E-state index contributed by atoms with van der Waals surface area (Å²) in [5.41, 5.74) is 1.23. The number of carbonyl (C=O) groups excluding carboxylic acids is 2. The third-order valence-corrected chi connectivity index (χ3v) is 2.70. The van der Waals surface area contributed by atoms with Gasteiger partial charge < -0.3 is 15.4 Å². The van der Waals surface area contributed by atoms with Crippen LogP contribution in [0.25, 0.3) is 0 Å². The lowest BCUT2D eigenvalue weighted by Gasteiger charge is -2.23. The quantitative estimate of drug-likeness (QED) is 0.841. The normalized spacial score (nSPS) is 17.8. The van der Waals surface area contributed by atoms with Crippen molar-refractivity contribution >= 4 is 23.2 Å². The van der Waals surface area contributed by atoms with Gasteiger partial charge in [-0.1, -0.05) is 13.8 Å². The van der Waals surface area contributed by atoms with Crippen LogP contribution in [0, 0.1) is 5.92 Å². The van der Waals surface area contributed by atoms with Crippen LogP contribution in [0.1, 0.15) is 20.8 Å². The smallest absolute Gasteiger partial charge is 0.265 e. The lowest BCUT2D eigenvalue weighted by Crippen LogP contribution is -2.34. The number of fused-ring (bicyclic) bond motifs is 1. The molecule has 0 aromatic heterocycles. The van der Waals surface area contributed by atoms with E-state index in [1.165, 1.54) is 0 Å². The van der Waals surface area contributed by atoms with Crippen molar-refractivity contribution in [1.29, 1.82) is 0 Å². The van der Waals surface area contributed by atoms with Crippen LogP contribution >= 0.6 is 0 Å². The predicted molar refractivity (Wildman–Crippen MR) is 68.6 cm³/mol. The molecule has 0 bridgehead atoms. The Morgan fingerprint density at radius 1 is 1.44 bits per heavy atom. The molecule has 5 heteroatoms. The van der Waals surface area contributed by atoms with Crippen LogP contribution in [-0.4, -0.2) is 17.9 Å². The van der Waals surface area contributed by atoms with Crippen LogP contribution in [0.4, 0.5) is 11.4 Å². The summed E-state index contributed by atoms with van der Waals surface area (Å²) in [4.78, 5) is 23.0. The van der Waals surface area contributed by atoms with Crippen molar-refractivity contribution in [3.05, 3.63) is 18.2 Å². The number of amides is 2.